The van der Waals surface area contributed by atoms with Crippen LogP contribution in [0.5, 0.6) is 17.2 Å². The van der Waals surface area contributed by atoms with Crippen LogP contribution in [0.25, 0.3) is 22.2 Å². The maximum absolute atomic E-state index is 13.2. The van der Waals surface area contributed by atoms with E-state index in [-0.39, 0.29) is 11.8 Å². The molecule has 0 aliphatic heterocycles. The number of fused-ring (bicyclic) bond motifs is 1. The van der Waals surface area contributed by atoms with Crippen LogP contribution in [0, 0.1) is 5.82 Å². The highest BCUT2D eigenvalue weighted by Gasteiger charge is 2.21. The highest BCUT2D eigenvalue weighted by atomic mass is 19.1. The van der Waals surface area contributed by atoms with Gasteiger partial charge in [-0.2, -0.15) is 0 Å². The number of rotatable bonds is 4. The zero-order valence-electron chi connectivity index (χ0n) is 13.5. The maximum atomic E-state index is 13.2. The summed E-state index contributed by atoms with van der Waals surface area (Å²) in [6.45, 7) is 0. The molecule has 3 aromatic rings. The monoisotopic (exact) mass is 329 g/mol. The molecular weight excluding hydrogens is 313 g/mol. The van der Waals surface area contributed by atoms with Crippen molar-refractivity contribution in [2.75, 3.05) is 27.1 Å². The third-order valence-corrected chi connectivity index (χ3v) is 3.63. The molecule has 124 valence electrons. The number of ether oxygens (including phenoxy) is 3. The third-order valence-electron chi connectivity index (χ3n) is 3.63. The van der Waals surface area contributed by atoms with Crippen LogP contribution >= 0.6 is 0 Å². The topological polar surface area (TPSA) is 79.5 Å². The molecule has 0 amide bonds. The van der Waals surface area contributed by atoms with E-state index in [4.69, 9.17) is 19.9 Å². The zero-order valence-corrected chi connectivity index (χ0v) is 13.5. The van der Waals surface area contributed by atoms with Crippen molar-refractivity contribution in [2.45, 2.75) is 0 Å². The molecule has 2 N–H and O–H groups in total. The van der Waals surface area contributed by atoms with E-state index in [1.165, 1.54) is 33.5 Å². The Morgan fingerprint density at radius 2 is 1.58 bits per heavy atom. The molecule has 6 nitrogen and oxygen atoms in total. The van der Waals surface area contributed by atoms with Crippen LogP contribution in [0.15, 0.2) is 30.3 Å². The first kappa shape index (κ1) is 15.8. The maximum Gasteiger partial charge on any atom is 0.221 e. The first-order valence-electron chi connectivity index (χ1n) is 7.11. The summed E-state index contributed by atoms with van der Waals surface area (Å²) in [5.74, 6) is 1.06. The molecule has 0 fully saturated rings. The molecule has 2 aromatic carbocycles. The summed E-state index contributed by atoms with van der Waals surface area (Å²) >= 11 is 0. The number of methoxy groups -OCH3 is 3. The first-order valence-corrected chi connectivity index (χ1v) is 7.11. The van der Waals surface area contributed by atoms with Crippen molar-refractivity contribution in [3.63, 3.8) is 0 Å². The number of aromatic nitrogens is 2. The number of nitrogen functional groups attached to an aromatic ring is 1. The lowest BCUT2D eigenvalue weighted by atomic mass is 10.0. The molecule has 0 bridgehead atoms. The fraction of sp³-hybridized carbons (Fsp3) is 0.176. The normalized spacial score (nSPS) is 10.7. The molecule has 0 aliphatic rings. The fourth-order valence-corrected chi connectivity index (χ4v) is 2.60. The summed E-state index contributed by atoms with van der Waals surface area (Å²) in [4.78, 5) is 8.56. The van der Waals surface area contributed by atoms with Crippen LogP contribution in [0.3, 0.4) is 0 Å². The number of hydrogen-bond acceptors (Lipinski definition) is 6. The quantitative estimate of drug-likeness (QED) is 0.792. The van der Waals surface area contributed by atoms with Gasteiger partial charge in [0.05, 0.1) is 37.9 Å². The number of halogens is 1. The summed E-state index contributed by atoms with van der Waals surface area (Å²) in [6, 6.07) is 7.64. The number of hydrogen-bond donors (Lipinski definition) is 1. The van der Waals surface area contributed by atoms with Gasteiger partial charge in [-0.25, -0.2) is 14.4 Å². The Labute approximate surface area is 138 Å². The predicted molar refractivity (Wildman–Crippen MR) is 89.0 cm³/mol. The number of benzene rings is 2. The van der Waals surface area contributed by atoms with Gasteiger partial charge < -0.3 is 19.9 Å². The summed E-state index contributed by atoms with van der Waals surface area (Å²) < 4.78 is 29.5. The van der Waals surface area contributed by atoms with Gasteiger partial charge in [0.15, 0.2) is 11.5 Å². The van der Waals surface area contributed by atoms with Crippen LogP contribution in [0.2, 0.25) is 0 Å². The van der Waals surface area contributed by atoms with Gasteiger partial charge in [-0.05, 0) is 24.3 Å². The largest absolute Gasteiger partial charge is 0.493 e. The average Bonchev–Trinajstić information content (AvgIpc) is 2.59. The molecule has 1 heterocycles. The minimum Gasteiger partial charge on any atom is -0.493 e. The van der Waals surface area contributed by atoms with E-state index in [1.807, 2.05) is 0 Å². The van der Waals surface area contributed by atoms with E-state index in [0.717, 1.165) is 0 Å². The van der Waals surface area contributed by atoms with Gasteiger partial charge in [-0.1, -0.05) is 0 Å². The van der Waals surface area contributed by atoms with Gasteiger partial charge >= 0.3 is 0 Å². The Morgan fingerprint density at radius 1 is 0.917 bits per heavy atom. The second-order valence-corrected chi connectivity index (χ2v) is 4.98. The van der Waals surface area contributed by atoms with E-state index < -0.39 is 0 Å². The second kappa shape index (κ2) is 6.19. The first-order chi connectivity index (χ1) is 11.6. The predicted octanol–water partition coefficient (Wildman–Crippen LogP) is 3.04. The summed E-state index contributed by atoms with van der Waals surface area (Å²) in [5, 5.41) is 0.607. The number of nitrogens with two attached hydrogens (primary N) is 1. The second-order valence-electron chi connectivity index (χ2n) is 4.98. The summed E-state index contributed by atoms with van der Waals surface area (Å²) in [6.07, 6.45) is 0. The van der Waals surface area contributed by atoms with Crippen molar-refractivity contribution in [1.29, 1.82) is 0 Å². The van der Waals surface area contributed by atoms with E-state index in [9.17, 15) is 4.39 Å². The lowest BCUT2D eigenvalue weighted by molar-refractivity contribution is 0.327. The van der Waals surface area contributed by atoms with E-state index in [2.05, 4.69) is 9.97 Å². The minimum absolute atomic E-state index is 0.0936. The molecular formula is C17H16FN3O3. The molecule has 0 unspecified atom stereocenters. The Balaban J connectivity index is 2.42. The van der Waals surface area contributed by atoms with Gasteiger partial charge in [0.2, 0.25) is 11.7 Å². The summed E-state index contributed by atoms with van der Waals surface area (Å²) in [7, 11) is 4.55. The minimum atomic E-state index is -0.337. The smallest absolute Gasteiger partial charge is 0.221 e. The Kier molecular flexibility index (Phi) is 4.07. The van der Waals surface area contributed by atoms with Crippen molar-refractivity contribution in [3.8, 4) is 28.5 Å². The number of nitrogens with zero attached hydrogens (tertiary/aromatic N) is 2. The molecule has 3 rings (SSSR count). The van der Waals surface area contributed by atoms with E-state index in [0.29, 0.717) is 39.4 Å². The molecule has 24 heavy (non-hydrogen) atoms. The SMILES string of the molecule is COc1cc2nc(N)nc(-c3ccc(F)cc3)c2c(OC)c1OC. The highest BCUT2D eigenvalue weighted by molar-refractivity contribution is 6.00. The summed E-state index contributed by atoms with van der Waals surface area (Å²) in [5.41, 5.74) is 7.58. The average molecular weight is 329 g/mol. The van der Waals surface area contributed by atoms with Crippen molar-refractivity contribution < 1.29 is 18.6 Å². The van der Waals surface area contributed by atoms with Crippen LogP contribution in [-0.4, -0.2) is 31.3 Å². The Morgan fingerprint density at radius 3 is 2.17 bits per heavy atom. The number of anilines is 1. The zero-order chi connectivity index (χ0) is 17.3. The fourth-order valence-electron chi connectivity index (χ4n) is 2.60. The molecule has 0 spiro atoms. The molecule has 1 aromatic heterocycles. The van der Waals surface area contributed by atoms with Crippen molar-refractivity contribution in [2.24, 2.45) is 0 Å². The third kappa shape index (κ3) is 2.54. The van der Waals surface area contributed by atoms with E-state index >= 15 is 0 Å². The van der Waals surface area contributed by atoms with Crippen molar-refractivity contribution in [3.05, 3.63) is 36.1 Å². The molecule has 7 heteroatoms. The molecule has 0 aliphatic carbocycles. The lowest BCUT2D eigenvalue weighted by Gasteiger charge is -2.16. The molecule has 0 atom stereocenters. The van der Waals surface area contributed by atoms with Gasteiger partial charge in [0.1, 0.15) is 5.82 Å². The Bertz CT molecular complexity index is 898. The standard InChI is InChI=1S/C17H16FN3O3/c1-22-12-8-11-13(16(24-3)15(12)23-2)14(21-17(19)20-11)9-4-6-10(18)7-5-9/h4-8H,1-3H3,(H2,19,20,21). The van der Waals surface area contributed by atoms with Crippen LogP contribution in [0.4, 0.5) is 10.3 Å². The molecule has 0 radical (unpaired) electrons. The van der Waals surface area contributed by atoms with Gasteiger partial charge in [0.25, 0.3) is 0 Å². The van der Waals surface area contributed by atoms with Gasteiger partial charge in [-0.15, -0.1) is 0 Å². The van der Waals surface area contributed by atoms with Crippen molar-refractivity contribution >= 4 is 16.9 Å². The lowest BCUT2D eigenvalue weighted by Crippen LogP contribution is -2.02. The van der Waals surface area contributed by atoms with Crippen LogP contribution in [-0.2, 0) is 0 Å². The van der Waals surface area contributed by atoms with Crippen LogP contribution < -0.4 is 19.9 Å². The molecule has 0 saturated heterocycles. The van der Waals surface area contributed by atoms with Crippen molar-refractivity contribution in [1.82, 2.24) is 9.97 Å². The van der Waals surface area contributed by atoms with Gasteiger partial charge in [-0.3, -0.25) is 0 Å². The van der Waals surface area contributed by atoms with E-state index in [1.54, 1.807) is 18.2 Å². The van der Waals surface area contributed by atoms with Crippen LogP contribution in [0.1, 0.15) is 0 Å². The van der Waals surface area contributed by atoms with Gasteiger partial charge in [0, 0.05) is 11.6 Å². The highest BCUT2D eigenvalue weighted by Crippen LogP contribution is 2.45. The Hall–Kier alpha value is -3.09. The molecule has 0 saturated carbocycles.